The molecule has 1 heterocycles. The van der Waals surface area contributed by atoms with Crippen molar-refractivity contribution in [3.8, 4) is 0 Å². The third-order valence-corrected chi connectivity index (χ3v) is 3.70. The van der Waals surface area contributed by atoms with E-state index in [1.807, 2.05) is 17.5 Å². The Morgan fingerprint density at radius 3 is 2.88 bits per heavy atom. The molecule has 0 aliphatic heterocycles. The largest absolute Gasteiger partial charge is 0.375 e. The van der Waals surface area contributed by atoms with E-state index < -0.39 is 0 Å². The van der Waals surface area contributed by atoms with Gasteiger partial charge in [-0.15, -0.1) is 11.3 Å². The third kappa shape index (κ3) is 2.97. The molecule has 3 N–H and O–H groups in total. The lowest BCUT2D eigenvalue weighted by Crippen LogP contribution is -2.19. The van der Waals surface area contributed by atoms with Crippen LogP contribution >= 0.6 is 22.9 Å². The van der Waals surface area contributed by atoms with Crippen molar-refractivity contribution in [2.45, 2.75) is 6.04 Å². The molecule has 0 fully saturated rings. The molecule has 90 valence electrons. The van der Waals surface area contributed by atoms with Crippen molar-refractivity contribution in [2.24, 2.45) is 5.73 Å². The molecule has 1 aromatic carbocycles. The van der Waals surface area contributed by atoms with Crippen molar-refractivity contribution >= 4 is 28.6 Å². The summed E-state index contributed by atoms with van der Waals surface area (Å²) in [4.78, 5) is 1.10. The van der Waals surface area contributed by atoms with Crippen LogP contribution in [0.3, 0.4) is 0 Å². The predicted octanol–water partition coefficient (Wildman–Crippen LogP) is 3.65. The van der Waals surface area contributed by atoms with Gasteiger partial charge in [-0.1, -0.05) is 17.7 Å². The van der Waals surface area contributed by atoms with Crippen molar-refractivity contribution in [3.05, 3.63) is 51.4 Å². The van der Waals surface area contributed by atoms with E-state index in [-0.39, 0.29) is 11.9 Å². The minimum absolute atomic E-state index is 0.0469. The topological polar surface area (TPSA) is 38.0 Å². The van der Waals surface area contributed by atoms with Crippen LogP contribution in [0.1, 0.15) is 10.9 Å². The normalized spacial score (nSPS) is 12.4. The Bertz CT molecular complexity index is 487. The first-order chi connectivity index (χ1) is 8.20. The van der Waals surface area contributed by atoms with Crippen molar-refractivity contribution in [1.29, 1.82) is 0 Å². The molecule has 5 heteroatoms. The van der Waals surface area contributed by atoms with Crippen LogP contribution in [0.4, 0.5) is 10.1 Å². The summed E-state index contributed by atoms with van der Waals surface area (Å²) in [6.45, 7) is 0.424. The first kappa shape index (κ1) is 12.4. The molecule has 0 amide bonds. The summed E-state index contributed by atoms with van der Waals surface area (Å²) < 4.78 is 13.1. The number of hydrogen-bond acceptors (Lipinski definition) is 3. The Labute approximate surface area is 108 Å². The zero-order valence-electron chi connectivity index (χ0n) is 8.99. The van der Waals surface area contributed by atoms with E-state index in [9.17, 15) is 4.39 Å². The summed E-state index contributed by atoms with van der Waals surface area (Å²) in [7, 11) is 0. The predicted molar refractivity (Wildman–Crippen MR) is 71.1 cm³/mol. The number of rotatable bonds is 4. The second kappa shape index (κ2) is 5.49. The molecular weight excluding hydrogens is 259 g/mol. The molecule has 2 aromatic rings. The van der Waals surface area contributed by atoms with Crippen molar-refractivity contribution < 1.29 is 4.39 Å². The molecule has 0 aliphatic carbocycles. The molecule has 1 unspecified atom stereocenters. The fourth-order valence-electron chi connectivity index (χ4n) is 1.53. The van der Waals surface area contributed by atoms with Crippen LogP contribution in [0.5, 0.6) is 0 Å². The molecule has 1 atom stereocenters. The van der Waals surface area contributed by atoms with Crippen LogP contribution in [0, 0.1) is 5.82 Å². The summed E-state index contributed by atoms with van der Waals surface area (Å²) in [6.07, 6.45) is 0. The maximum absolute atomic E-state index is 13.1. The van der Waals surface area contributed by atoms with Gasteiger partial charge in [-0.25, -0.2) is 4.39 Å². The highest BCUT2D eigenvalue weighted by Gasteiger charge is 2.12. The zero-order chi connectivity index (χ0) is 12.3. The Morgan fingerprint density at radius 1 is 1.41 bits per heavy atom. The maximum Gasteiger partial charge on any atom is 0.125 e. The number of anilines is 1. The highest BCUT2D eigenvalue weighted by molar-refractivity contribution is 7.10. The Morgan fingerprint density at radius 2 is 2.24 bits per heavy atom. The SMILES string of the molecule is NCC(Nc1cc(F)ccc1Cl)c1cccs1. The van der Waals surface area contributed by atoms with Gasteiger partial charge in [-0.3, -0.25) is 0 Å². The van der Waals surface area contributed by atoms with Gasteiger partial charge in [0, 0.05) is 11.4 Å². The summed E-state index contributed by atoms with van der Waals surface area (Å²) in [5.41, 5.74) is 6.27. The van der Waals surface area contributed by atoms with Gasteiger partial charge in [-0.2, -0.15) is 0 Å². The van der Waals surface area contributed by atoms with Gasteiger partial charge < -0.3 is 11.1 Å². The standard InChI is InChI=1S/C12H12ClFN2S/c13-9-4-3-8(14)6-10(9)16-11(7-15)12-2-1-5-17-12/h1-6,11,16H,7,15H2. The van der Waals surface area contributed by atoms with E-state index in [1.54, 1.807) is 11.3 Å². The van der Waals surface area contributed by atoms with Crippen LogP contribution in [0.2, 0.25) is 5.02 Å². The lowest BCUT2D eigenvalue weighted by molar-refractivity contribution is 0.627. The van der Waals surface area contributed by atoms with Crippen LogP contribution < -0.4 is 11.1 Å². The lowest BCUT2D eigenvalue weighted by atomic mass is 10.2. The molecule has 0 saturated heterocycles. The first-order valence-corrected chi connectivity index (χ1v) is 6.41. The van der Waals surface area contributed by atoms with Gasteiger partial charge in [0.1, 0.15) is 5.82 Å². The molecule has 2 nitrogen and oxygen atoms in total. The Hall–Kier alpha value is -1.10. The molecule has 17 heavy (non-hydrogen) atoms. The number of thiophene rings is 1. The monoisotopic (exact) mass is 270 g/mol. The van der Waals surface area contributed by atoms with Crippen LogP contribution in [0.25, 0.3) is 0 Å². The van der Waals surface area contributed by atoms with E-state index in [2.05, 4.69) is 5.32 Å². The summed E-state index contributed by atoms with van der Waals surface area (Å²) in [5, 5.41) is 5.62. The molecule has 2 rings (SSSR count). The van der Waals surface area contributed by atoms with Gasteiger partial charge in [0.15, 0.2) is 0 Å². The average Bonchev–Trinajstić information content (AvgIpc) is 2.84. The number of hydrogen-bond donors (Lipinski definition) is 2. The van der Waals surface area contributed by atoms with Crippen molar-refractivity contribution in [1.82, 2.24) is 0 Å². The van der Waals surface area contributed by atoms with Gasteiger partial charge >= 0.3 is 0 Å². The quantitative estimate of drug-likeness (QED) is 0.890. The van der Waals surface area contributed by atoms with Crippen LogP contribution in [0.15, 0.2) is 35.7 Å². The van der Waals surface area contributed by atoms with Crippen molar-refractivity contribution in [3.63, 3.8) is 0 Å². The van der Waals surface area contributed by atoms with E-state index in [4.69, 9.17) is 17.3 Å². The fraction of sp³-hybridized carbons (Fsp3) is 0.167. The highest BCUT2D eigenvalue weighted by Crippen LogP contribution is 2.28. The molecular formula is C12H12ClFN2S. The van der Waals surface area contributed by atoms with Gasteiger partial charge in [0.2, 0.25) is 0 Å². The number of halogens is 2. The highest BCUT2D eigenvalue weighted by atomic mass is 35.5. The second-order valence-corrected chi connectivity index (χ2v) is 4.96. The summed E-state index contributed by atoms with van der Waals surface area (Å²) in [6, 6.07) is 8.13. The summed E-state index contributed by atoms with van der Waals surface area (Å²) >= 11 is 7.60. The maximum atomic E-state index is 13.1. The van der Waals surface area contributed by atoms with Crippen LogP contribution in [-0.2, 0) is 0 Å². The number of benzene rings is 1. The lowest BCUT2D eigenvalue weighted by Gasteiger charge is -2.17. The van der Waals surface area contributed by atoms with E-state index in [0.29, 0.717) is 17.3 Å². The minimum atomic E-state index is -0.321. The Kier molecular flexibility index (Phi) is 3.99. The zero-order valence-corrected chi connectivity index (χ0v) is 10.6. The van der Waals surface area contributed by atoms with E-state index >= 15 is 0 Å². The van der Waals surface area contributed by atoms with Crippen molar-refractivity contribution in [2.75, 3.05) is 11.9 Å². The molecule has 0 bridgehead atoms. The third-order valence-electron chi connectivity index (χ3n) is 2.38. The fourth-order valence-corrected chi connectivity index (χ4v) is 2.49. The van der Waals surface area contributed by atoms with Gasteiger partial charge in [0.25, 0.3) is 0 Å². The minimum Gasteiger partial charge on any atom is -0.375 e. The number of nitrogens with two attached hydrogens (primary N) is 1. The molecule has 1 aromatic heterocycles. The van der Waals surface area contributed by atoms with E-state index in [1.165, 1.54) is 18.2 Å². The molecule has 0 aliphatic rings. The van der Waals surface area contributed by atoms with Crippen LogP contribution in [-0.4, -0.2) is 6.54 Å². The first-order valence-electron chi connectivity index (χ1n) is 5.16. The average molecular weight is 271 g/mol. The Balaban J connectivity index is 2.21. The molecule has 0 saturated carbocycles. The molecule has 0 radical (unpaired) electrons. The van der Waals surface area contributed by atoms with Gasteiger partial charge in [0.05, 0.1) is 16.8 Å². The second-order valence-electron chi connectivity index (χ2n) is 3.57. The summed E-state index contributed by atoms with van der Waals surface area (Å²) in [5.74, 6) is -0.321. The molecule has 0 spiro atoms. The van der Waals surface area contributed by atoms with E-state index in [0.717, 1.165) is 4.88 Å². The number of nitrogens with one attached hydrogen (secondary N) is 1. The van der Waals surface area contributed by atoms with Gasteiger partial charge in [-0.05, 0) is 29.6 Å². The smallest absolute Gasteiger partial charge is 0.125 e.